The molecule has 1 aromatic carbocycles. The van der Waals surface area contributed by atoms with E-state index < -0.39 is 24.2 Å². The van der Waals surface area contributed by atoms with Crippen molar-refractivity contribution in [1.29, 1.82) is 0 Å². The van der Waals surface area contributed by atoms with E-state index in [0.29, 0.717) is 17.1 Å². The molecular formula is C19H23F3N4O3. The highest BCUT2D eigenvalue weighted by Gasteiger charge is 2.47. The van der Waals surface area contributed by atoms with Crippen LogP contribution >= 0.6 is 0 Å². The summed E-state index contributed by atoms with van der Waals surface area (Å²) in [5.74, 6) is 0.438. The van der Waals surface area contributed by atoms with Gasteiger partial charge in [-0.15, -0.1) is 0 Å². The molecule has 0 radical (unpaired) electrons. The fourth-order valence-electron chi connectivity index (χ4n) is 3.36. The summed E-state index contributed by atoms with van der Waals surface area (Å²) in [7, 11) is 2.94. The number of ether oxygens (including phenoxy) is 2. The van der Waals surface area contributed by atoms with Gasteiger partial charge in [0.1, 0.15) is 11.4 Å². The molecule has 3 rings (SSSR count). The number of nitrogens with zero attached hydrogens (tertiary/aromatic N) is 2. The zero-order valence-electron chi connectivity index (χ0n) is 16.5. The van der Waals surface area contributed by atoms with E-state index in [1.807, 2.05) is 0 Å². The average Bonchev–Trinajstić information content (AvgIpc) is 3.09. The van der Waals surface area contributed by atoms with Crippen molar-refractivity contribution in [3.8, 4) is 11.5 Å². The van der Waals surface area contributed by atoms with Gasteiger partial charge in [0.2, 0.25) is 0 Å². The van der Waals surface area contributed by atoms with Crippen LogP contribution in [0.2, 0.25) is 0 Å². The lowest BCUT2D eigenvalue weighted by atomic mass is 9.96. The molecule has 2 N–H and O–H groups in total. The second-order valence-corrected chi connectivity index (χ2v) is 7.08. The molecule has 7 nitrogen and oxygen atoms in total. The number of amides is 1. The van der Waals surface area contributed by atoms with Crippen LogP contribution in [0.5, 0.6) is 11.5 Å². The summed E-state index contributed by atoms with van der Waals surface area (Å²) in [5, 5.41) is 9.59. The summed E-state index contributed by atoms with van der Waals surface area (Å²) in [6.45, 7) is 3.54. The predicted molar refractivity (Wildman–Crippen MR) is 100 cm³/mol. The molecule has 0 aliphatic carbocycles. The Morgan fingerprint density at radius 1 is 1.28 bits per heavy atom. The van der Waals surface area contributed by atoms with E-state index in [-0.39, 0.29) is 23.8 Å². The molecule has 29 heavy (non-hydrogen) atoms. The normalized spacial score (nSPS) is 18.8. The minimum Gasteiger partial charge on any atom is -0.493 e. The van der Waals surface area contributed by atoms with Gasteiger partial charge in [0.15, 0.2) is 17.5 Å². The first-order valence-electron chi connectivity index (χ1n) is 9.09. The van der Waals surface area contributed by atoms with E-state index in [1.54, 1.807) is 32.0 Å². The Morgan fingerprint density at radius 3 is 2.55 bits per heavy atom. The maximum atomic E-state index is 13.8. The molecule has 0 spiro atoms. The summed E-state index contributed by atoms with van der Waals surface area (Å²) in [6.07, 6.45) is -3.64. The summed E-state index contributed by atoms with van der Waals surface area (Å²) < 4.78 is 52.6. The van der Waals surface area contributed by atoms with Crippen LogP contribution in [0, 0.1) is 0 Å². The Kier molecular flexibility index (Phi) is 5.63. The largest absolute Gasteiger partial charge is 0.493 e. The van der Waals surface area contributed by atoms with Crippen LogP contribution < -0.4 is 20.1 Å². The van der Waals surface area contributed by atoms with Crippen molar-refractivity contribution in [2.75, 3.05) is 19.5 Å². The van der Waals surface area contributed by atoms with Crippen molar-refractivity contribution in [2.45, 2.75) is 44.6 Å². The second kappa shape index (κ2) is 7.84. The van der Waals surface area contributed by atoms with Gasteiger partial charge in [0.25, 0.3) is 5.91 Å². The first-order valence-corrected chi connectivity index (χ1v) is 9.09. The van der Waals surface area contributed by atoms with Gasteiger partial charge in [0.05, 0.1) is 26.5 Å². The lowest BCUT2D eigenvalue weighted by Gasteiger charge is -2.34. The maximum Gasteiger partial charge on any atom is 0.410 e. The number of hydrogen-bond donors (Lipinski definition) is 2. The quantitative estimate of drug-likeness (QED) is 0.783. The molecule has 2 atom stereocenters. The SMILES string of the molecule is COc1ccc([C@H]2C[C@H](C(F)(F)F)n3ncc(C(=O)NC(C)C)c3N2)cc1OC. The maximum absolute atomic E-state index is 13.8. The van der Waals surface area contributed by atoms with Gasteiger partial charge >= 0.3 is 6.18 Å². The van der Waals surface area contributed by atoms with Crippen molar-refractivity contribution in [2.24, 2.45) is 0 Å². The standard InChI is InChI=1S/C19H23F3N4O3/c1-10(2)24-18(27)12-9-23-26-16(19(20,21)22)8-13(25-17(12)26)11-5-6-14(28-3)15(7-11)29-4/h5-7,9-10,13,16,25H,8H2,1-4H3,(H,24,27)/t13-,16-/m1/s1. The number of hydrogen-bond acceptors (Lipinski definition) is 5. The molecule has 1 aromatic heterocycles. The number of anilines is 1. The molecule has 1 amide bonds. The average molecular weight is 412 g/mol. The van der Waals surface area contributed by atoms with E-state index in [2.05, 4.69) is 15.7 Å². The van der Waals surface area contributed by atoms with E-state index in [0.717, 1.165) is 10.9 Å². The van der Waals surface area contributed by atoms with Gasteiger partial charge in [-0.25, -0.2) is 4.68 Å². The lowest BCUT2D eigenvalue weighted by Crippen LogP contribution is -2.37. The number of carbonyl (C=O) groups excluding carboxylic acids is 1. The Labute approximate surface area is 166 Å². The Hall–Kier alpha value is -2.91. The molecule has 2 aromatic rings. The van der Waals surface area contributed by atoms with E-state index >= 15 is 0 Å². The number of methoxy groups -OCH3 is 2. The van der Waals surface area contributed by atoms with Gasteiger partial charge < -0.3 is 20.1 Å². The Morgan fingerprint density at radius 2 is 1.97 bits per heavy atom. The highest BCUT2D eigenvalue weighted by atomic mass is 19.4. The third-order valence-electron chi connectivity index (χ3n) is 4.71. The predicted octanol–water partition coefficient (Wildman–Crippen LogP) is 3.70. The summed E-state index contributed by atoms with van der Waals surface area (Å²) in [6, 6.07) is 2.21. The van der Waals surface area contributed by atoms with Crippen LogP contribution in [0.15, 0.2) is 24.4 Å². The van der Waals surface area contributed by atoms with Gasteiger partial charge in [-0.2, -0.15) is 18.3 Å². The van der Waals surface area contributed by atoms with E-state index in [9.17, 15) is 18.0 Å². The van der Waals surface area contributed by atoms with Gasteiger partial charge in [-0.05, 0) is 31.5 Å². The minimum atomic E-state index is -4.52. The molecule has 0 bridgehead atoms. The molecule has 0 saturated heterocycles. The molecule has 0 unspecified atom stereocenters. The molecule has 0 saturated carbocycles. The zero-order valence-corrected chi connectivity index (χ0v) is 16.5. The van der Waals surface area contributed by atoms with Crippen molar-refractivity contribution in [3.05, 3.63) is 35.5 Å². The van der Waals surface area contributed by atoms with Crippen molar-refractivity contribution in [1.82, 2.24) is 15.1 Å². The van der Waals surface area contributed by atoms with Crippen LogP contribution in [0.3, 0.4) is 0 Å². The highest BCUT2D eigenvalue weighted by Crippen LogP contribution is 2.45. The number of alkyl halides is 3. The number of nitrogens with one attached hydrogen (secondary N) is 2. The Balaban J connectivity index is 2.03. The molecule has 1 aliphatic rings. The number of aromatic nitrogens is 2. The fourth-order valence-corrected chi connectivity index (χ4v) is 3.36. The Bertz CT molecular complexity index is 895. The third-order valence-corrected chi connectivity index (χ3v) is 4.71. The fraction of sp³-hybridized carbons (Fsp3) is 0.474. The number of fused-ring (bicyclic) bond motifs is 1. The van der Waals surface area contributed by atoms with Crippen LogP contribution in [-0.4, -0.2) is 42.1 Å². The topological polar surface area (TPSA) is 77.4 Å². The molecule has 1 aliphatic heterocycles. The second-order valence-electron chi connectivity index (χ2n) is 7.08. The molecular weight excluding hydrogens is 389 g/mol. The number of carbonyl (C=O) groups is 1. The number of benzene rings is 1. The first-order chi connectivity index (χ1) is 13.7. The highest BCUT2D eigenvalue weighted by molar-refractivity contribution is 5.99. The molecule has 0 fully saturated rings. The van der Waals surface area contributed by atoms with Gasteiger partial charge in [-0.3, -0.25) is 4.79 Å². The van der Waals surface area contributed by atoms with Crippen molar-refractivity contribution >= 4 is 11.7 Å². The summed E-state index contributed by atoms with van der Waals surface area (Å²) in [5.41, 5.74) is 0.651. The summed E-state index contributed by atoms with van der Waals surface area (Å²) in [4.78, 5) is 12.4. The zero-order chi connectivity index (χ0) is 21.3. The number of halogens is 3. The first kappa shape index (κ1) is 20.8. The van der Waals surface area contributed by atoms with Crippen molar-refractivity contribution < 1.29 is 27.4 Å². The molecule has 2 heterocycles. The van der Waals surface area contributed by atoms with Crippen LogP contribution in [0.25, 0.3) is 0 Å². The third kappa shape index (κ3) is 4.10. The smallest absolute Gasteiger partial charge is 0.410 e. The molecule has 10 heteroatoms. The van der Waals surface area contributed by atoms with Gasteiger partial charge in [-0.1, -0.05) is 6.07 Å². The monoisotopic (exact) mass is 412 g/mol. The van der Waals surface area contributed by atoms with E-state index in [1.165, 1.54) is 14.2 Å². The van der Waals surface area contributed by atoms with Crippen LogP contribution in [-0.2, 0) is 0 Å². The number of rotatable bonds is 5. The molecule has 158 valence electrons. The van der Waals surface area contributed by atoms with Crippen molar-refractivity contribution in [3.63, 3.8) is 0 Å². The lowest BCUT2D eigenvalue weighted by molar-refractivity contribution is -0.173. The van der Waals surface area contributed by atoms with Crippen LogP contribution in [0.1, 0.15) is 48.3 Å². The minimum absolute atomic E-state index is 0.0384. The van der Waals surface area contributed by atoms with Gasteiger partial charge in [0, 0.05) is 12.5 Å². The van der Waals surface area contributed by atoms with Crippen LogP contribution in [0.4, 0.5) is 19.0 Å². The summed E-state index contributed by atoms with van der Waals surface area (Å²) >= 11 is 0. The van der Waals surface area contributed by atoms with E-state index in [4.69, 9.17) is 9.47 Å².